The van der Waals surface area contributed by atoms with E-state index in [1.807, 2.05) is 45.0 Å². The summed E-state index contributed by atoms with van der Waals surface area (Å²) >= 11 is 1.68. The van der Waals surface area contributed by atoms with Gasteiger partial charge in [0.1, 0.15) is 23.7 Å². The lowest BCUT2D eigenvalue weighted by atomic mass is 10.1. The van der Waals surface area contributed by atoms with E-state index in [9.17, 15) is 9.90 Å². The number of aliphatic hydroxyl groups is 1. The van der Waals surface area contributed by atoms with Crippen molar-refractivity contribution in [3.63, 3.8) is 0 Å². The van der Waals surface area contributed by atoms with Crippen molar-refractivity contribution < 1.29 is 24.1 Å². The van der Waals surface area contributed by atoms with Gasteiger partial charge in [0, 0.05) is 12.2 Å². The van der Waals surface area contributed by atoms with Crippen molar-refractivity contribution in [3.05, 3.63) is 24.3 Å². The van der Waals surface area contributed by atoms with Gasteiger partial charge in [0.25, 0.3) is 0 Å². The summed E-state index contributed by atoms with van der Waals surface area (Å²) < 4.78 is 16.8. The van der Waals surface area contributed by atoms with Gasteiger partial charge in [-0.2, -0.15) is 11.8 Å². The molecule has 1 aromatic rings. The average molecular weight is 497 g/mol. The third-order valence-electron chi connectivity index (χ3n) is 5.18. The first-order chi connectivity index (χ1) is 16.3. The fourth-order valence-corrected chi connectivity index (χ4v) is 4.33. The molecule has 34 heavy (non-hydrogen) atoms. The maximum atomic E-state index is 11.7. The Labute approximate surface area is 212 Å². The predicted octanol–water partition coefficient (Wildman–Crippen LogP) is 7.19. The topological polar surface area (TPSA) is 65.0 Å². The van der Waals surface area contributed by atoms with Crippen LogP contribution in [0.5, 0.6) is 11.5 Å². The highest BCUT2D eigenvalue weighted by Gasteiger charge is 2.15. The average Bonchev–Trinajstić information content (AvgIpc) is 2.78. The number of aliphatic hydroxyl groups excluding tert-OH is 1. The van der Waals surface area contributed by atoms with Crippen molar-refractivity contribution in [2.45, 2.75) is 110 Å². The highest BCUT2D eigenvalue weighted by atomic mass is 32.2. The highest BCUT2D eigenvalue weighted by Crippen LogP contribution is 2.19. The number of esters is 1. The van der Waals surface area contributed by atoms with Gasteiger partial charge in [-0.3, -0.25) is 4.79 Å². The fraction of sp³-hybridized carbons (Fsp3) is 0.750. The second-order valence-corrected chi connectivity index (χ2v) is 11.0. The number of carbonyl (C=O) groups is 1. The molecule has 1 N–H and O–H groups in total. The number of ether oxygens (including phenoxy) is 3. The summed E-state index contributed by atoms with van der Waals surface area (Å²) in [7, 11) is 0. The molecule has 0 saturated carbocycles. The Kier molecular flexibility index (Phi) is 17.0. The van der Waals surface area contributed by atoms with E-state index in [1.165, 1.54) is 44.9 Å². The third-order valence-corrected chi connectivity index (χ3v) is 6.38. The maximum Gasteiger partial charge on any atom is 0.306 e. The lowest BCUT2D eigenvalue weighted by Gasteiger charge is -2.19. The van der Waals surface area contributed by atoms with Crippen LogP contribution in [0.3, 0.4) is 0 Å². The van der Waals surface area contributed by atoms with Crippen LogP contribution >= 0.6 is 11.8 Å². The number of unbranched alkanes of at least 4 members (excludes halogenated alkanes) is 8. The molecule has 0 aromatic heterocycles. The molecule has 5 nitrogen and oxygen atoms in total. The van der Waals surface area contributed by atoms with E-state index in [1.54, 1.807) is 11.8 Å². The van der Waals surface area contributed by atoms with E-state index >= 15 is 0 Å². The Morgan fingerprint density at radius 3 is 2.09 bits per heavy atom. The van der Waals surface area contributed by atoms with E-state index in [-0.39, 0.29) is 12.6 Å². The number of hydrogen-bond donors (Lipinski definition) is 1. The van der Waals surface area contributed by atoms with Crippen LogP contribution in [0.4, 0.5) is 0 Å². The Morgan fingerprint density at radius 2 is 1.47 bits per heavy atom. The molecule has 1 atom stereocenters. The summed E-state index contributed by atoms with van der Waals surface area (Å²) in [6.07, 6.45) is 12.0. The number of rotatable bonds is 20. The zero-order valence-electron chi connectivity index (χ0n) is 22.0. The summed E-state index contributed by atoms with van der Waals surface area (Å²) in [5.74, 6) is 2.98. The van der Waals surface area contributed by atoms with Gasteiger partial charge >= 0.3 is 5.97 Å². The van der Waals surface area contributed by atoms with E-state index in [4.69, 9.17) is 14.2 Å². The summed E-state index contributed by atoms with van der Waals surface area (Å²) in [4.78, 5) is 11.7. The van der Waals surface area contributed by atoms with Gasteiger partial charge in [0.15, 0.2) is 0 Å². The molecule has 196 valence electrons. The van der Waals surface area contributed by atoms with Crippen LogP contribution in [0.15, 0.2) is 24.3 Å². The smallest absolute Gasteiger partial charge is 0.306 e. The molecule has 0 aliphatic heterocycles. The molecule has 0 spiro atoms. The largest absolute Gasteiger partial charge is 0.494 e. The lowest BCUT2D eigenvalue weighted by molar-refractivity contribution is -0.154. The van der Waals surface area contributed by atoms with Crippen molar-refractivity contribution in [2.75, 3.05) is 24.7 Å². The summed E-state index contributed by atoms with van der Waals surface area (Å²) in [6, 6.07) is 7.62. The van der Waals surface area contributed by atoms with Gasteiger partial charge in [-0.15, -0.1) is 0 Å². The first-order valence-corrected chi connectivity index (χ1v) is 14.3. The number of hydrogen-bond acceptors (Lipinski definition) is 6. The van der Waals surface area contributed by atoms with Crippen LogP contribution in [-0.2, 0) is 9.53 Å². The molecular weight excluding hydrogens is 448 g/mol. The Hall–Kier alpha value is -1.40. The molecule has 6 heteroatoms. The molecule has 1 rings (SSSR count). The fourth-order valence-electron chi connectivity index (χ4n) is 3.38. The minimum absolute atomic E-state index is 0.143. The number of thioether (sulfide) groups is 1. The van der Waals surface area contributed by atoms with Crippen LogP contribution in [0, 0.1) is 0 Å². The normalized spacial score (nSPS) is 12.4. The molecular formula is C28H48O5S. The second-order valence-electron chi connectivity index (χ2n) is 9.88. The predicted molar refractivity (Wildman–Crippen MR) is 143 cm³/mol. The molecule has 0 saturated heterocycles. The second kappa shape index (κ2) is 18.9. The summed E-state index contributed by atoms with van der Waals surface area (Å²) in [5.41, 5.74) is -0.420. The Bertz CT molecular complexity index is 627. The van der Waals surface area contributed by atoms with E-state index in [0.29, 0.717) is 12.2 Å². The minimum Gasteiger partial charge on any atom is -0.494 e. The maximum absolute atomic E-state index is 11.7. The highest BCUT2D eigenvalue weighted by molar-refractivity contribution is 7.99. The van der Waals surface area contributed by atoms with Crippen LogP contribution in [-0.4, -0.2) is 47.5 Å². The molecule has 0 bridgehead atoms. The third kappa shape index (κ3) is 18.0. The molecule has 0 aliphatic rings. The first-order valence-electron chi connectivity index (χ1n) is 13.1. The van der Waals surface area contributed by atoms with Crippen molar-refractivity contribution in [3.8, 4) is 11.5 Å². The lowest BCUT2D eigenvalue weighted by Crippen LogP contribution is -2.23. The number of benzene rings is 1. The van der Waals surface area contributed by atoms with Gasteiger partial charge in [-0.1, -0.05) is 51.9 Å². The van der Waals surface area contributed by atoms with Crippen molar-refractivity contribution in [2.24, 2.45) is 0 Å². The van der Waals surface area contributed by atoms with E-state index < -0.39 is 11.7 Å². The van der Waals surface area contributed by atoms with E-state index in [2.05, 4.69) is 6.92 Å². The monoisotopic (exact) mass is 496 g/mol. The van der Waals surface area contributed by atoms with Gasteiger partial charge < -0.3 is 19.3 Å². The molecule has 0 amide bonds. The van der Waals surface area contributed by atoms with Gasteiger partial charge in [0.2, 0.25) is 0 Å². The Morgan fingerprint density at radius 1 is 0.882 bits per heavy atom. The summed E-state index contributed by atoms with van der Waals surface area (Å²) in [5, 5.41) is 10.1. The quantitative estimate of drug-likeness (QED) is 0.152. The van der Waals surface area contributed by atoms with Crippen molar-refractivity contribution in [1.29, 1.82) is 0 Å². The summed E-state index contributed by atoms with van der Waals surface area (Å²) in [6.45, 7) is 8.91. The van der Waals surface area contributed by atoms with Crippen molar-refractivity contribution >= 4 is 17.7 Å². The zero-order chi connectivity index (χ0) is 25.1. The van der Waals surface area contributed by atoms with E-state index in [0.717, 1.165) is 43.1 Å². The van der Waals surface area contributed by atoms with Crippen LogP contribution < -0.4 is 9.47 Å². The van der Waals surface area contributed by atoms with Crippen LogP contribution in [0.25, 0.3) is 0 Å². The molecule has 1 aromatic carbocycles. The molecule has 1 unspecified atom stereocenters. The standard InChI is InChI=1S/C28H48O5S/c1-5-6-7-8-9-10-11-13-20-31-25-16-18-26(19-17-25)32-22-24(29)23-34-21-14-12-15-27(30)33-28(2,3)4/h16-19,24,29H,5-15,20-23H2,1-4H3. The first kappa shape index (κ1) is 30.6. The number of carbonyl (C=O) groups excluding carboxylic acids is 1. The van der Waals surface area contributed by atoms with Gasteiger partial charge in [-0.05, 0) is 70.1 Å². The van der Waals surface area contributed by atoms with Crippen LogP contribution in [0.1, 0.15) is 98.3 Å². The van der Waals surface area contributed by atoms with Gasteiger partial charge in [0.05, 0.1) is 12.7 Å². The zero-order valence-corrected chi connectivity index (χ0v) is 22.8. The molecule has 0 fully saturated rings. The molecule has 0 radical (unpaired) electrons. The Balaban J connectivity index is 2.03. The molecule has 0 heterocycles. The van der Waals surface area contributed by atoms with Crippen LogP contribution in [0.2, 0.25) is 0 Å². The SMILES string of the molecule is CCCCCCCCCCOc1ccc(OCC(O)CSCCCCC(=O)OC(C)(C)C)cc1. The minimum atomic E-state index is -0.520. The van der Waals surface area contributed by atoms with Gasteiger partial charge in [-0.25, -0.2) is 0 Å². The van der Waals surface area contributed by atoms with Crippen molar-refractivity contribution in [1.82, 2.24) is 0 Å². The molecule has 0 aliphatic carbocycles.